The molecule has 0 amide bonds. The molecule has 1 unspecified atom stereocenters. The van der Waals surface area contributed by atoms with E-state index in [1.807, 2.05) is 18.4 Å². The maximum atomic E-state index is 4.95. The summed E-state index contributed by atoms with van der Waals surface area (Å²) in [6.45, 7) is 5.26. The number of rotatable bonds is 4. The zero-order valence-electron chi connectivity index (χ0n) is 13.0. The van der Waals surface area contributed by atoms with Crippen LogP contribution in [0.4, 0.5) is 10.8 Å². The van der Waals surface area contributed by atoms with Gasteiger partial charge in [0.2, 0.25) is 0 Å². The number of anilines is 2. The molecule has 4 heteroatoms. The van der Waals surface area contributed by atoms with Crippen LogP contribution in [-0.2, 0) is 6.42 Å². The van der Waals surface area contributed by atoms with Crippen LogP contribution in [-0.4, -0.2) is 18.6 Å². The Hall–Kier alpha value is -1.39. The van der Waals surface area contributed by atoms with Gasteiger partial charge in [0, 0.05) is 17.1 Å². The lowest BCUT2D eigenvalue weighted by atomic mass is 9.98. The molecule has 0 aliphatic heterocycles. The molecule has 1 aromatic carbocycles. The summed E-state index contributed by atoms with van der Waals surface area (Å²) < 4.78 is 0. The Bertz CT molecular complexity index is 603. The van der Waals surface area contributed by atoms with Crippen molar-refractivity contribution < 1.29 is 0 Å². The van der Waals surface area contributed by atoms with Crippen LogP contribution in [0.5, 0.6) is 0 Å². The van der Waals surface area contributed by atoms with E-state index >= 15 is 0 Å². The molecule has 0 spiro atoms. The minimum Gasteiger partial charge on any atom is -0.318 e. The van der Waals surface area contributed by atoms with Crippen molar-refractivity contribution in [3.63, 3.8) is 0 Å². The van der Waals surface area contributed by atoms with Crippen molar-refractivity contribution in [2.24, 2.45) is 0 Å². The number of hydrogen-bond acceptors (Lipinski definition) is 4. The smallest absolute Gasteiger partial charge is 0.190 e. The summed E-state index contributed by atoms with van der Waals surface area (Å²) in [6, 6.07) is 9.14. The van der Waals surface area contributed by atoms with Crippen LogP contribution in [0.1, 0.15) is 41.9 Å². The monoisotopic (exact) mass is 301 g/mol. The van der Waals surface area contributed by atoms with E-state index in [1.165, 1.54) is 41.1 Å². The van der Waals surface area contributed by atoms with Crippen molar-refractivity contribution in [2.45, 2.75) is 39.2 Å². The summed E-state index contributed by atoms with van der Waals surface area (Å²) in [4.78, 5) is 8.73. The molecule has 1 aromatic heterocycles. The quantitative estimate of drug-likeness (QED) is 0.917. The Morgan fingerprint density at radius 3 is 2.76 bits per heavy atom. The molecule has 1 aliphatic rings. The first-order chi connectivity index (χ1) is 10.2. The minimum absolute atomic E-state index is 0.426. The van der Waals surface area contributed by atoms with Gasteiger partial charge in [-0.1, -0.05) is 17.7 Å². The average molecular weight is 301 g/mol. The minimum atomic E-state index is 0.426. The topological polar surface area (TPSA) is 28.2 Å². The normalized spacial score (nSPS) is 17.6. The lowest BCUT2D eigenvalue weighted by molar-refractivity contribution is 0.490. The average Bonchev–Trinajstić information content (AvgIpc) is 2.93. The molecule has 21 heavy (non-hydrogen) atoms. The molecule has 1 heterocycles. The van der Waals surface area contributed by atoms with Gasteiger partial charge in [0.25, 0.3) is 0 Å². The lowest BCUT2D eigenvalue weighted by Gasteiger charge is -2.21. The SMILES string of the molecule is CCN(c1ccc(C)cc1)c1nc2c(s1)CCCC2NC. The van der Waals surface area contributed by atoms with Crippen molar-refractivity contribution in [3.8, 4) is 0 Å². The molecule has 0 radical (unpaired) electrons. The Labute approximate surface area is 131 Å². The van der Waals surface area contributed by atoms with E-state index in [0.29, 0.717) is 6.04 Å². The number of nitrogens with zero attached hydrogens (tertiary/aromatic N) is 2. The van der Waals surface area contributed by atoms with E-state index in [0.717, 1.165) is 11.7 Å². The van der Waals surface area contributed by atoms with Crippen molar-refractivity contribution in [1.82, 2.24) is 10.3 Å². The molecule has 0 bridgehead atoms. The van der Waals surface area contributed by atoms with Gasteiger partial charge in [0.1, 0.15) is 0 Å². The highest BCUT2D eigenvalue weighted by molar-refractivity contribution is 7.15. The number of aryl methyl sites for hydroxylation is 2. The van der Waals surface area contributed by atoms with Crippen LogP contribution in [0.25, 0.3) is 0 Å². The Kier molecular flexibility index (Phi) is 4.27. The molecule has 1 N–H and O–H groups in total. The van der Waals surface area contributed by atoms with Gasteiger partial charge in [-0.15, -0.1) is 11.3 Å². The number of fused-ring (bicyclic) bond motifs is 1. The fourth-order valence-corrected chi connectivity index (χ4v) is 4.20. The largest absolute Gasteiger partial charge is 0.318 e. The lowest BCUT2D eigenvalue weighted by Crippen LogP contribution is -2.21. The van der Waals surface area contributed by atoms with E-state index in [9.17, 15) is 0 Å². The van der Waals surface area contributed by atoms with Crippen LogP contribution in [0.15, 0.2) is 24.3 Å². The molecule has 0 fully saturated rings. The fourth-order valence-electron chi connectivity index (χ4n) is 2.95. The highest BCUT2D eigenvalue weighted by atomic mass is 32.1. The summed E-state index contributed by atoms with van der Waals surface area (Å²) in [7, 11) is 2.04. The predicted molar refractivity (Wildman–Crippen MR) is 90.7 cm³/mol. The molecular formula is C17H23N3S. The van der Waals surface area contributed by atoms with Crippen LogP contribution in [0, 0.1) is 6.92 Å². The molecule has 0 saturated carbocycles. The second-order valence-electron chi connectivity index (χ2n) is 5.62. The van der Waals surface area contributed by atoms with Gasteiger partial charge in [-0.25, -0.2) is 4.98 Å². The number of benzene rings is 1. The molecule has 112 valence electrons. The maximum Gasteiger partial charge on any atom is 0.190 e. The van der Waals surface area contributed by atoms with Gasteiger partial charge in [-0.05, 0) is 52.3 Å². The summed E-state index contributed by atoms with van der Waals surface area (Å²) in [5.41, 5.74) is 3.80. The second kappa shape index (κ2) is 6.16. The number of thiazole rings is 1. The first kappa shape index (κ1) is 14.5. The zero-order valence-corrected chi connectivity index (χ0v) is 13.8. The molecule has 1 atom stereocenters. The Morgan fingerprint density at radius 1 is 1.33 bits per heavy atom. The highest BCUT2D eigenvalue weighted by Gasteiger charge is 2.25. The third-order valence-corrected chi connectivity index (χ3v) is 5.34. The van der Waals surface area contributed by atoms with Gasteiger partial charge >= 0.3 is 0 Å². The summed E-state index contributed by atoms with van der Waals surface area (Å²) >= 11 is 1.86. The molecule has 1 aliphatic carbocycles. The van der Waals surface area contributed by atoms with Gasteiger partial charge < -0.3 is 10.2 Å². The Balaban J connectivity index is 1.95. The second-order valence-corrected chi connectivity index (χ2v) is 6.68. The maximum absolute atomic E-state index is 4.95. The first-order valence-corrected chi connectivity index (χ1v) is 8.55. The van der Waals surface area contributed by atoms with Crippen molar-refractivity contribution in [2.75, 3.05) is 18.5 Å². The summed E-state index contributed by atoms with van der Waals surface area (Å²) in [5, 5.41) is 4.54. The standard InChI is InChI=1S/C17H23N3S/c1-4-20(13-10-8-12(2)9-11-13)17-19-16-14(18-3)6-5-7-15(16)21-17/h8-11,14,18H,4-7H2,1-3H3. The van der Waals surface area contributed by atoms with Crippen molar-refractivity contribution in [3.05, 3.63) is 40.4 Å². The van der Waals surface area contributed by atoms with Crippen molar-refractivity contribution in [1.29, 1.82) is 0 Å². The van der Waals surface area contributed by atoms with Crippen LogP contribution < -0.4 is 10.2 Å². The number of nitrogens with one attached hydrogen (secondary N) is 1. The van der Waals surface area contributed by atoms with Gasteiger partial charge in [0.15, 0.2) is 5.13 Å². The zero-order chi connectivity index (χ0) is 14.8. The van der Waals surface area contributed by atoms with Gasteiger partial charge in [-0.3, -0.25) is 0 Å². The molecular weight excluding hydrogens is 278 g/mol. The summed E-state index contributed by atoms with van der Waals surface area (Å²) in [5.74, 6) is 0. The molecule has 2 aromatic rings. The van der Waals surface area contributed by atoms with Crippen LogP contribution >= 0.6 is 11.3 Å². The Morgan fingerprint density at radius 2 is 2.10 bits per heavy atom. The van der Waals surface area contributed by atoms with Gasteiger partial charge in [-0.2, -0.15) is 0 Å². The van der Waals surface area contributed by atoms with E-state index in [1.54, 1.807) is 0 Å². The van der Waals surface area contributed by atoms with E-state index in [2.05, 4.69) is 48.3 Å². The van der Waals surface area contributed by atoms with E-state index < -0.39 is 0 Å². The first-order valence-electron chi connectivity index (χ1n) is 7.74. The molecule has 3 rings (SSSR count). The van der Waals surface area contributed by atoms with E-state index in [4.69, 9.17) is 4.98 Å². The predicted octanol–water partition coefficient (Wildman–Crippen LogP) is 4.21. The number of hydrogen-bond donors (Lipinski definition) is 1. The van der Waals surface area contributed by atoms with Crippen LogP contribution in [0.3, 0.4) is 0 Å². The third-order valence-electron chi connectivity index (χ3n) is 4.18. The van der Waals surface area contributed by atoms with Gasteiger partial charge in [0.05, 0.1) is 11.7 Å². The molecule has 0 saturated heterocycles. The van der Waals surface area contributed by atoms with Crippen molar-refractivity contribution >= 4 is 22.2 Å². The summed E-state index contributed by atoms with van der Waals surface area (Å²) in [6.07, 6.45) is 3.64. The third kappa shape index (κ3) is 2.83. The van der Waals surface area contributed by atoms with E-state index in [-0.39, 0.29) is 0 Å². The highest BCUT2D eigenvalue weighted by Crippen LogP contribution is 2.38. The fraction of sp³-hybridized carbons (Fsp3) is 0.471. The van der Waals surface area contributed by atoms with Crippen LogP contribution in [0.2, 0.25) is 0 Å². The number of aromatic nitrogens is 1. The molecule has 3 nitrogen and oxygen atoms in total.